The lowest BCUT2D eigenvalue weighted by Crippen LogP contribution is -2.41. The van der Waals surface area contributed by atoms with E-state index in [2.05, 4.69) is 47.2 Å². The van der Waals surface area contributed by atoms with Gasteiger partial charge in [-0.1, -0.05) is 6.92 Å². The quantitative estimate of drug-likeness (QED) is 0.879. The summed E-state index contributed by atoms with van der Waals surface area (Å²) in [5.74, 6) is 0.926. The van der Waals surface area contributed by atoms with Crippen LogP contribution < -0.4 is 5.32 Å². The van der Waals surface area contributed by atoms with Gasteiger partial charge in [-0.2, -0.15) is 0 Å². The molecule has 0 amide bonds. The normalized spacial score (nSPS) is 28.5. The molecule has 0 saturated heterocycles. The summed E-state index contributed by atoms with van der Waals surface area (Å²) in [5.41, 5.74) is 0. The fourth-order valence-corrected chi connectivity index (χ4v) is 3.47. The van der Waals surface area contributed by atoms with Crippen molar-refractivity contribution in [1.29, 1.82) is 0 Å². The third-order valence-electron chi connectivity index (χ3n) is 2.88. The molecule has 1 N–H and O–H groups in total. The molecule has 1 unspecified atom stereocenters. The summed E-state index contributed by atoms with van der Waals surface area (Å²) in [6.45, 7) is 4.58. The Bertz CT molecular complexity index is 304. The van der Waals surface area contributed by atoms with Gasteiger partial charge in [-0.3, -0.25) is 0 Å². The van der Waals surface area contributed by atoms with E-state index < -0.39 is 0 Å². The highest BCUT2D eigenvalue weighted by molar-refractivity contribution is 9.11. The van der Waals surface area contributed by atoms with E-state index in [4.69, 9.17) is 0 Å². The first-order chi connectivity index (χ1) is 6.65. The molecule has 0 aromatic carbocycles. The van der Waals surface area contributed by atoms with Crippen LogP contribution in [0.5, 0.6) is 0 Å². The molecule has 0 aliphatic heterocycles. The van der Waals surface area contributed by atoms with Gasteiger partial charge in [-0.05, 0) is 53.7 Å². The first kappa shape index (κ1) is 10.7. The van der Waals surface area contributed by atoms with Crippen molar-refractivity contribution < 1.29 is 0 Å². The molecule has 1 heterocycles. The molecular formula is C11H16BrNS. The Hall–Kier alpha value is 0.140. The van der Waals surface area contributed by atoms with Crippen LogP contribution in [0.15, 0.2) is 15.9 Å². The third kappa shape index (κ3) is 2.38. The average Bonchev–Trinajstić information content (AvgIpc) is 2.49. The maximum atomic E-state index is 3.67. The van der Waals surface area contributed by atoms with Gasteiger partial charge in [0, 0.05) is 17.0 Å². The van der Waals surface area contributed by atoms with Crippen LogP contribution in [0.25, 0.3) is 0 Å². The third-order valence-corrected chi connectivity index (χ3v) is 4.69. The minimum absolute atomic E-state index is 0.504. The molecule has 1 aromatic rings. The molecule has 0 spiro atoms. The smallest absolute Gasteiger partial charge is 0.0701 e. The largest absolute Gasteiger partial charge is 0.307 e. The highest BCUT2D eigenvalue weighted by Gasteiger charge is 2.26. The lowest BCUT2D eigenvalue weighted by atomic mass is 9.81. The summed E-state index contributed by atoms with van der Waals surface area (Å²) in [6, 6.07) is 5.58. The highest BCUT2D eigenvalue weighted by Crippen LogP contribution is 2.31. The number of nitrogens with one attached hydrogen (secondary N) is 1. The molecule has 3 heteroatoms. The minimum Gasteiger partial charge on any atom is -0.307 e. The van der Waals surface area contributed by atoms with Crippen molar-refractivity contribution in [3.63, 3.8) is 0 Å². The lowest BCUT2D eigenvalue weighted by Gasteiger charge is -2.35. The Labute approximate surface area is 98.0 Å². The van der Waals surface area contributed by atoms with E-state index in [9.17, 15) is 0 Å². The maximum Gasteiger partial charge on any atom is 0.0701 e. The predicted molar refractivity (Wildman–Crippen MR) is 65.8 cm³/mol. The van der Waals surface area contributed by atoms with Crippen molar-refractivity contribution >= 4 is 27.3 Å². The van der Waals surface area contributed by atoms with Gasteiger partial charge >= 0.3 is 0 Å². The van der Waals surface area contributed by atoms with Gasteiger partial charge in [0.1, 0.15) is 0 Å². The van der Waals surface area contributed by atoms with E-state index in [0.29, 0.717) is 6.04 Å². The van der Waals surface area contributed by atoms with Crippen molar-refractivity contribution in [3.8, 4) is 0 Å². The molecule has 1 fully saturated rings. The second-order valence-corrected chi connectivity index (χ2v) is 6.80. The van der Waals surface area contributed by atoms with Gasteiger partial charge in [0.2, 0.25) is 0 Å². The standard InChI is InChI=1S/C11H16BrNS/c1-7-5-9(6-7)13-8(2)10-3-4-11(12)14-10/h3-4,7-9,13H,5-6H2,1-2H3. The fraction of sp³-hybridized carbons (Fsp3) is 0.636. The Kier molecular flexibility index (Phi) is 3.30. The second kappa shape index (κ2) is 4.33. The lowest BCUT2D eigenvalue weighted by molar-refractivity contribution is 0.227. The van der Waals surface area contributed by atoms with Crippen LogP contribution in [0.3, 0.4) is 0 Å². The molecule has 1 atom stereocenters. The van der Waals surface area contributed by atoms with Gasteiger partial charge in [-0.25, -0.2) is 0 Å². The number of halogens is 1. The molecule has 2 rings (SSSR count). The molecule has 1 saturated carbocycles. The Balaban J connectivity index is 1.86. The van der Waals surface area contributed by atoms with Gasteiger partial charge in [0.05, 0.1) is 3.79 Å². The summed E-state index contributed by atoms with van der Waals surface area (Å²) in [7, 11) is 0. The summed E-state index contributed by atoms with van der Waals surface area (Å²) in [5, 5.41) is 3.67. The summed E-state index contributed by atoms with van der Waals surface area (Å²) < 4.78 is 1.23. The van der Waals surface area contributed by atoms with Crippen LogP contribution >= 0.6 is 27.3 Å². The molecule has 0 bridgehead atoms. The summed E-state index contributed by atoms with van der Waals surface area (Å²) in [4.78, 5) is 1.43. The Morgan fingerprint density at radius 3 is 2.71 bits per heavy atom. The molecule has 78 valence electrons. The molecule has 14 heavy (non-hydrogen) atoms. The number of hydrogen-bond donors (Lipinski definition) is 1. The maximum absolute atomic E-state index is 3.67. The van der Waals surface area contributed by atoms with E-state index in [1.54, 1.807) is 0 Å². The Morgan fingerprint density at radius 2 is 2.21 bits per heavy atom. The van der Waals surface area contributed by atoms with E-state index in [-0.39, 0.29) is 0 Å². The van der Waals surface area contributed by atoms with Crippen LogP contribution in [-0.4, -0.2) is 6.04 Å². The zero-order valence-electron chi connectivity index (χ0n) is 8.59. The molecule has 1 aliphatic carbocycles. The molecule has 1 aromatic heterocycles. The SMILES string of the molecule is CC1CC(NC(C)c2ccc(Br)s2)C1. The molecule has 0 radical (unpaired) electrons. The van der Waals surface area contributed by atoms with Gasteiger partial charge in [-0.15, -0.1) is 11.3 Å². The predicted octanol–water partition coefficient (Wildman–Crippen LogP) is 3.96. The van der Waals surface area contributed by atoms with Gasteiger partial charge < -0.3 is 5.32 Å². The molecular weight excluding hydrogens is 258 g/mol. The van der Waals surface area contributed by atoms with Gasteiger partial charge in [0.15, 0.2) is 0 Å². The van der Waals surface area contributed by atoms with Gasteiger partial charge in [0.25, 0.3) is 0 Å². The Morgan fingerprint density at radius 1 is 1.50 bits per heavy atom. The van der Waals surface area contributed by atoms with E-state index >= 15 is 0 Å². The highest BCUT2D eigenvalue weighted by atomic mass is 79.9. The minimum atomic E-state index is 0.504. The first-order valence-electron chi connectivity index (χ1n) is 5.16. The van der Waals surface area contributed by atoms with E-state index in [1.807, 2.05) is 11.3 Å². The monoisotopic (exact) mass is 273 g/mol. The van der Waals surface area contributed by atoms with Crippen molar-refractivity contribution in [2.24, 2.45) is 5.92 Å². The second-order valence-electron chi connectivity index (χ2n) is 4.30. The summed E-state index contributed by atoms with van der Waals surface area (Å²) in [6.07, 6.45) is 2.69. The van der Waals surface area contributed by atoms with Crippen LogP contribution in [-0.2, 0) is 0 Å². The first-order valence-corrected chi connectivity index (χ1v) is 6.77. The number of hydrogen-bond acceptors (Lipinski definition) is 2. The molecule has 1 aliphatic rings. The average molecular weight is 274 g/mol. The van der Waals surface area contributed by atoms with Crippen LogP contribution in [0.2, 0.25) is 0 Å². The van der Waals surface area contributed by atoms with Crippen LogP contribution in [0, 0.1) is 5.92 Å². The van der Waals surface area contributed by atoms with Crippen LogP contribution in [0.4, 0.5) is 0 Å². The zero-order chi connectivity index (χ0) is 10.1. The van der Waals surface area contributed by atoms with Crippen molar-refractivity contribution in [2.75, 3.05) is 0 Å². The van der Waals surface area contributed by atoms with E-state index in [0.717, 1.165) is 12.0 Å². The number of thiophene rings is 1. The van der Waals surface area contributed by atoms with Crippen molar-refractivity contribution in [3.05, 3.63) is 20.8 Å². The zero-order valence-corrected chi connectivity index (χ0v) is 11.0. The van der Waals surface area contributed by atoms with Crippen molar-refractivity contribution in [1.82, 2.24) is 5.32 Å². The molecule has 1 nitrogen and oxygen atoms in total. The topological polar surface area (TPSA) is 12.0 Å². The number of rotatable bonds is 3. The summed E-state index contributed by atoms with van der Waals surface area (Å²) >= 11 is 5.33. The fourth-order valence-electron chi connectivity index (χ4n) is 2.04. The van der Waals surface area contributed by atoms with Crippen LogP contribution in [0.1, 0.15) is 37.6 Å². The van der Waals surface area contributed by atoms with E-state index in [1.165, 1.54) is 21.5 Å². The van der Waals surface area contributed by atoms with Crippen molar-refractivity contribution in [2.45, 2.75) is 38.8 Å².